The van der Waals surface area contributed by atoms with Crippen molar-refractivity contribution in [3.05, 3.63) is 23.9 Å². The summed E-state index contributed by atoms with van der Waals surface area (Å²) in [6.45, 7) is 5.51. The van der Waals surface area contributed by atoms with E-state index in [4.69, 9.17) is 9.26 Å². The lowest BCUT2D eigenvalue weighted by Gasteiger charge is -2.38. The number of nitrogens with zero attached hydrogens (tertiary/aromatic N) is 4. The quantitative estimate of drug-likeness (QED) is 0.776. The molecule has 2 heterocycles. The molecule has 0 aromatic carbocycles. The van der Waals surface area contributed by atoms with Crippen LogP contribution < -0.4 is 0 Å². The van der Waals surface area contributed by atoms with Crippen molar-refractivity contribution >= 4 is 0 Å². The monoisotopic (exact) mass is 320 g/mol. The predicted octanol–water partition coefficient (Wildman–Crippen LogP) is 2.22. The van der Waals surface area contributed by atoms with Crippen LogP contribution in [0.4, 0.5) is 0 Å². The zero-order valence-corrected chi connectivity index (χ0v) is 14.1. The number of hydrogen-bond donors (Lipinski definition) is 0. The van der Waals surface area contributed by atoms with Gasteiger partial charge in [0.25, 0.3) is 0 Å². The Labute approximate surface area is 138 Å². The summed E-state index contributed by atoms with van der Waals surface area (Å²) in [6, 6.07) is 0.633. The fraction of sp³-hybridized carbons (Fsp3) is 0.765. The molecule has 0 spiro atoms. The van der Waals surface area contributed by atoms with E-state index in [1.165, 1.54) is 32.1 Å². The molecule has 1 aliphatic heterocycles. The van der Waals surface area contributed by atoms with Crippen LogP contribution in [0.5, 0.6) is 0 Å². The second-order valence-electron chi connectivity index (χ2n) is 6.48. The minimum atomic E-state index is 0.408. The molecule has 0 saturated carbocycles. The molecule has 0 amide bonds. The summed E-state index contributed by atoms with van der Waals surface area (Å²) in [5, 5.41) is 3.92. The van der Waals surface area contributed by atoms with Crippen molar-refractivity contribution in [2.24, 2.45) is 0 Å². The molecule has 1 saturated heterocycles. The summed E-state index contributed by atoms with van der Waals surface area (Å²) in [5.41, 5.74) is 0. The first-order valence-electron chi connectivity index (χ1n) is 8.78. The van der Waals surface area contributed by atoms with Gasteiger partial charge in [0.05, 0.1) is 6.54 Å². The first-order valence-corrected chi connectivity index (χ1v) is 8.78. The largest absolute Gasteiger partial charge is 0.377 e. The number of allylic oxidation sites excluding steroid dienone is 1. The van der Waals surface area contributed by atoms with Crippen LogP contribution in [0.2, 0.25) is 0 Å². The van der Waals surface area contributed by atoms with Gasteiger partial charge in [-0.05, 0) is 19.3 Å². The van der Waals surface area contributed by atoms with Crippen LogP contribution in [-0.2, 0) is 17.9 Å². The number of ether oxygens (including phenoxy) is 1. The summed E-state index contributed by atoms with van der Waals surface area (Å²) in [6.07, 6.45) is 11.5. The van der Waals surface area contributed by atoms with Crippen LogP contribution in [-0.4, -0.2) is 59.3 Å². The molecule has 1 atom stereocenters. The van der Waals surface area contributed by atoms with Gasteiger partial charge >= 0.3 is 0 Å². The molecule has 1 fully saturated rings. The smallest absolute Gasteiger partial charge is 0.240 e. The highest BCUT2D eigenvalue weighted by molar-refractivity contribution is 4.97. The van der Waals surface area contributed by atoms with Gasteiger partial charge in [-0.25, -0.2) is 0 Å². The molecule has 128 valence electrons. The van der Waals surface area contributed by atoms with E-state index in [1.807, 2.05) is 0 Å². The molecule has 1 unspecified atom stereocenters. The van der Waals surface area contributed by atoms with E-state index in [-0.39, 0.29) is 0 Å². The molecule has 0 N–H and O–H groups in total. The number of rotatable bonds is 5. The molecule has 0 bridgehead atoms. The van der Waals surface area contributed by atoms with E-state index in [9.17, 15) is 0 Å². The minimum Gasteiger partial charge on any atom is -0.377 e. The third-order valence-electron chi connectivity index (χ3n) is 4.75. The summed E-state index contributed by atoms with van der Waals surface area (Å²) in [4.78, 5) is 9.38. The van der Waals surface area contributed by atoms with Crippen molar-refractivity contribution in [2.75, 3.05) is 33.3 Å². The maximum atomic E-state index is 5.29. The van der Waals surface area contributed by atoms with Gasteiger partial charge in [-0.3, -0.25) is 9.80 Å². The van der Waals surface area contributed by atoms with Gasteiger partial charge in [0, 0.05) is 39.3 Å². The molecular formula is C17H28N4O2. The van der Waals surface area contributed by atoms with Gasteiger partial charge in [-0.2, -0.15) is 4.98 Å². The first kappa shape index (κ1) is 16.6. The van der Waals surface area contributed by atoms with Crippen LogP contribution in [0.25, 0.3) is 0 Å². The van der Waals surface area contributed by atoms with Gasteiger partial charge in [0.2, 0.25) is 5.89 Å². The SMILES string of the molecule is COCc1noc(CN2CCN(C3C=CCCCCC3)CC2)n1. The molecule has 6 nitrogen and oxygen atoms in total. The van der Waals surface area contributed by atoms with Crippen LogP contribution in [0, 0.1) is 0 Å². The van der Waals surface area contributed by atoms with E-state index in [1.54, 1.807) is 7.11 Å². The van der Waals surface area contributed by atoms with Crippen LogP contribution in [0.3, 0.4) is 0 Å². The fourth-order valence-electron chi connectivity index (χ4n) is 3.43. The van der Waals surface area contributed by atoms with E-state index < -0.39 is 0 Å². The van der Waals surface area contributed by atoms with Crippen LogP contribution >= 0.6 is 0 Å². The van der Waals surface area contributed by atoms with Crippen molar-refractivity contribution in [3.8, 4) is 0 Å². The molecule has 3 rings (SSSR count). The average molecular weight is 320 g/mol. The Balaban J connectivity index is 1.46. The van der Waals surface area contributed by atoms with E-state index >= 15 is 0 Å². The second kappa shape index (κ2) is 8.57. The molecule has 23 heavy (non-hydrogen) atoms. The second-order valence-corrected chi connectivity index (χ2v) is 6.48. The average Bonchev–Trinajstić information content (AvgIpc) is 2.96. The first-order chi connectivity index (χ1) is 11.3. The van der Waals surface area contributed by atoms with Crippen LogP contribution in [0.15, 0.2) is 16.7 Å². The highest BCUT2D eigenvalue weighted by atomic mass is 16.5. The molecule has 6 heteroatoms. The zero-order chi connectivity index (χ0) is 15.9. The van der Waals surface area contributed by atoms with Crippen molar-refractivity contribution < 1.29 is 9.26 Å². The van der Waals surface area contributed by atoms with Crippen molar-refractivity contribution in [3.63, 3.8) is 0 Å². The normalized spacial score (nSPS) is 24.5. The number of hydrogen-bond acceptors (Lipinski definition) is 6. The molecule has 2 aliphatic rings. The summed E-state index contributed by atoms with van der Waals surface area (Å²) in [7, 11) is 1.64. The standard InChI is InChI=1S/C17H28N4O2/c1-22-14-16-18-17(23-19-16)13-20-9-11-21(12-10-20)15-7-5-3-2-4-6-8-15/h5,7,15H,2-4,6,8-14H2,1H3. The van der Waals surface area contributed by atoms with Gasteiger partial charge in [-0.1, -0.05) is 30.2 Å². The summed E-state index contributed by atoms with van der Waals surface area (Å²) >= 11 is 0. The Morgan fingerprint density at radius 3 is 2.91 bits per heavy atom. The maximum absolute atomic E-state index is 5.29. The molecule has 1 aromatic rings. The minimum absolute atomic E-state index is 0.408. The van der Waals surface area contributed by atoms with Gasteiger partial charge in [0.1, 0.15) is 6.61 Å². The van der Waals surface area contributed by atoms with Gasteiger partial charge < -0.3 is 9.26 Å². The lowest BCUT2D eigenvalue weighted by molar-refractivity contribution is 0.0948. The van der Waals surface area contributed by atoms with Gasteiger partial charge in [0.15, 0.2) is 5.82 Å². The maximum Gasteiger partial charge on any atom is 0.240 e. The third-order valence-corrected chi connectivity index (χ3v) is 4.75. The predicted molar refractivity (Wildman–Crippen MR) is 87.9 cm³/mol. The number of piperazine rings is 1. The topological polar surface area (TPSA) is 54.6 Å². The molecule has 1 aliphatic carbocycles. The number of aromatic nitrogens is 2. The molecule has 1 aromatic heterocycles. The third kappa shape index (κ3) is 4.86. The van der Waals surface area contributed by atoms with Crippen molar-refractivity contribution in [1.29, 1.82) is 0 Å². The Hall–Kier alpha value is -1.24. The van der Waals surface area contributed by atoms with E-state index in [2.05, 4.69) is 32.1 Å². The lowest BCUT2D eigenvalue weighted by atomic mass is 10.0. The van der Waals surface area contributed by atoms with E-state index in [0.29, 0.717) is 24.4 Å². The van der Waals surface area contributed by atoms with Gasteiger partial charge in [-0.15, -0.1) is 0 Å². The Morgan fingerprint density at radius 2 is 2.09 bits per heavy atom. The lowest BCUT2D eigenvalue weighted by Crippen LogP contribution is -2.49. The fourth-order valence-corrected chi connectivity index (χ4v) is 3.43. The Kier molecular flexibility index (Phi) is 6.19. The number of methoxy groups -OCH3 is 1. The van der Waals surface area contributed by atoms with Crippen molar-refractivity contribution in [2.45, 2.75) is 51.3 Å². The molecule has 0 radical (unpaired) electrons. The summed E-state index contributed by atoms with van der Waals surface area (Å²) in [5.74, 6) is 1.32. The summed E-state index contributed by atoms with van der Waals surface area (Å²) < 4.78 is 10.3. The van der Waals surface area contributed by atoms with E-state index in [0.717, 1.165) is 32.7 Å². The highest BCUT2D eigenvalue weighted by Crippen LogP contribution is 2.18. The zero-order valence-electron chi connectivity index (χ0n) is 14.1. The molecular weight excluding hydrogens is 292 g/mol. The highest BCUT2D eigenvalue weighted by Gasteiger charge is 2.23. The van der Waals surface area contributed by atoms with Crippen LogP contribution in [0.1, 0.15) is 43.8 Å². The Bertz CT molecular complexity index is 495. The van der Waals surface area contributed by atoms with Crippen molar-refractivity contribution in [1.82, 2.24) is 19.9 Å². The Morgan fingerprint density at radius 1 is 1.22 bits per heavy atom.